The van der Waals surface area contributed by atoms with E-state index in [1.54, 1.807) is 12.5 Å². The topological polar surface area (TPSA) is 97.9 Å². The van der Waals surface area contributed by atoms with Gasteiger partial charge in [0, 0.05) is 25.5 Å². The van der Waals surface area contributed by atoms with Crippen molar-refractivity contribution in [2.75, 3.05) is 13.1 Å². The normalized spacial score (nSPS) is 18.0. The molecule has 0 bridgehead atoms. The van der Waals surface area contributed by atoms with Crippen LogP contribution in [-0.2, 0) is 6.54 Å². The van der Waals surface area contributed by atoms with Gasteiger partial charge in [-0.1, -0.05) is 5.16 Å². The molecule has 1 atom stereocenters. The van der Waals surface area contributed by atoms with Gasteiger partial charge in [-0.2, -0.15) is 4.98 Å². The Kier molecular flexibility index (Phi) is 4.25. The lowest BCUT2D eigenvalue weighted by molar-refractivity contribution is 0.0939. The van der Waals surface area contributed by atoms with Gasteiger partial charge in [0.1, 0.15) is 0 Å². The van der Waals surface area contributed by atoms with E-state index < -0.39 is 0 Å². The maximum absolute atomic E-state index is 11.9. The van der Waals surface area contributed by atoms with Gasteiger partial charge in [-0.25, -0.2) is 4.98 Å². The molecule has 21 heavy (non-hydrogen) atoms. The molecule has 1 aliphatic heterocycles. The van der Waals surface area contributed by atoms with Gasteiger partial charge in [-0.15, -0.1) is 0 Å². The predicted octanol–water partition coefficient (Wildman–Crippen LogP) is 0.511. The fourth-order valence-electron chi connectivity index (χ4n) is 2.33. The standard InChI is InChI=1S/C13H18N6O2/c20-12(16-5-2-7-19-8-6-14-9-19)11-17-13(21-18-11)10-3-1-4-15-10/h6,8-10,15H,1-5,7H2,(H,16,20). The van der Waals surface area contributed by atoms with Crippen molar-refractivity contribution in [1.82, 2.24) is 30.3 Å². The second-order valence-corrected chi connectivity index (χ2v) is 5.02. The molecule has 1 fully saturated rings. The molecular weight excluding hydrogens is 272 g/mol. The van der Waals surface area contributed by atoms with Gasteiger partial charge < -0.3 is 19.7 Å². The Hall–Kier alpha value is -2.22. The summed E-state index contributed by atoms with van der Waals surface area (Å²) in [4.78, 5) is 20.0. The van der Waals surface area contributed by atoms with Gasteiger partial charge in [-0.05, 0) is 25.8 Å². The number of aryl methyl sites for hydroxylation is 1. The van der Waals surface area contributed by atoms with E-state index in [0.29, 0.717) is 12.4 Å². The van der Waals surface area contributed by atoms with Gasteiger partial charge in [0.25, 0.3) is 11.7 Å². The molecule has 2 aromatic rings. The fraction of sp³-hybridized carbons (Fsp3) is 0.538. The average molecular weight is 290 g/mol. The van der Waals surface area contributed by atoms with Crippen LogP contribution in [0.5, 0.6) is 0 Å². The van der Waals surface area contributed by atoms with E-state index in [-0.39, 0.29) is 17.8 Å². The minimum atomic E-state index is -0.298. The van der Waals surface area contributed by atoms with E-state index in [4.69, 9.17) is 4.52 Å². The molecule has 2 aromatic heterocycles. The number of hydrogen-bond donors (Lipinski definition) is 2. The number of nitrogens with zero attached hydrogens (tertiary/aromatic N) is 4. The first-order valence-electron chi connectivity index (χ1n) is 7.14. The van der Waals surface area contributed by atoms with Crippen LogP contribution in [0.25, 0.3) is 0 Å². The highest BCUT2D eigenvalue weighted by atomic mass is 16.5. The Morgan fingerprint density at radius 1 is 1.57 bits per heavy atom. The van der Waals surface area contributed by atoms with Crippen molar-refractivity contribution in [3.05, 3.63) is 30.4 Å². The maximum Gasteiger partial charge on any atom is 0.292 e. The van der Waals surface area contributed by atoms with Crippen molar-refractivity contribution in [3.63, 3.8) is 0 Å². The van der Waals surface area contributed by atoms with E-state index >= 15 is 0 Å². The summed E-state index contributed by atoms with van der Waals surface area (Å²) in [7, 11) is 0. The first kappa shape index (κ1) is 13.7. The molecule has 8 heteroatoms. The summed E-state index contributed by atoms with van der Waals surface area (Å²) in [6.45, 7) is 2.31. The average Bonchev–Trinajstić information content (AvgIpc) is 3.25. The summed E-state index contributed by atoms with van der Waals surface area (Å²) in [6.07, 6.45) is 8.24. The number of amides is 1. The molecule has 0 aromatic carbocycles. The molecule has 0 aliphatic carbocycles. The molecule has 1 amide bonds. The third-order valence-electron chi connectivity index (χ3n) is 3.44. The Morgan fingerprint density at radius 3 is 3.29 bits per heavy atom. The highest BCUT2D eigenvalue weighted by Crippen LogP contribution is 2.20. The lowest BCUT2D eigenvalue weighted by Crippen LogP contribution is -2.26. The number of carbonyl (C=O) groups excluding carboxylic acids is 1. The number of nitrogens with one attached hydrogen (secondary N) is 2. The van der Waals surface area contributed by atoms with Crippen LogP contribution < -0.4 is 10.6 Å². The molecule has 3 rings (SSSR count). The van der Waals surface area contributed by atoms with Crippen molar-refractivity contribution in [2.24, 2.45) is 0 Å². The van der Waals surface area contributed by atoms with Crippen LogP contribution in [0, 0.1) is 0 Å². The minimum Gasteiger partial charge on any atom is -0.349 e. The summed E-state index contributed by atoms with van der Waals surface area (Å²) in [5.74, 6) is 0.297. The molecule has 2 N–H and O–H groups in total. The zero-order valence-electron chi connectivity index (χ0n) is 11.7. The van der Waals surface area contributed by atoms with Crippen LogP contribution in [-0.4, -0.2) is 38.7 Å². The SMILES string of the molecule is O=C(NCCCn1ccnc1)c1noc(C2CCCN2)n1. The highest BCUT2D eigenvalue weighted by molar-refractivity contribution is 5.90. The van der Waals surface area contributed by atoms with Crippen LogP contribution in [0.1, 0.15) is 41.8 Å². The van der Waals surface area contributed by atoms with Crippen LogP contribution in [0.2, 0.25) is 0 Å². The van der Waals surface area contributed by atoms with Crippen LogP contribution >= 0.6 is 0 Å². The second kappa shape index (κ2) is 6.49. The van der Waals surface area contributed by atoms with Gasteiger partial charge in [0.15, 0.2) is 0 Å². The van der Waals surface area contributed by atoms with Gasteiger partial charge in [-0.3, -0.25) is 4.79 Å². The van der Waals surface area contributed by atoms with Gasteiger partial charge in [0.05, 0.1) is 12.4 Å². The molecule has 3 heterocycles. The van der Waals surface area contributed by atoms with Crippen LogP contribution in [0.15, 0.2) is 23.2 Å². The van der Waals surface area contributed by atoms with Crippen molar-refractivity contribution in [3.8, 4) is 0 Å². The van der Waals surface area contributed by atoms with Gasteiger partial charge in [0.2, 0.25) is 5.89 Å². The van der Waals surface area contributed by atoms with E-state index in [0.717, 1.165) is 32.4 Å². The number of rotatable bonds is 6. The lowest BCUT2D eigenvalue weighted by Gasteiger charge is -2.03. The first-order chi connectivity index (χ1) is 10.3. The summed E-state index contributed by atoms with van der Waals surface area (Å²) in [6, 6.07) is 0.0836. The molecule has 1 unspecified atom stereocenters. The molecule has 1 saturated heterocycles. The lowest BCUT2D eigenvalue weighted by atomic mass is 10.2. The number of carbonyl (C=O) groups is 1. The van der Waals surface area contributed by atoms with Crippen molar-refractivity contribution in [2.45, 2.75) is 31.8 Å². The van der Waals surface area contributed by atoms with E-state index in [9.17, 15) is 4.79 Å². The Labute approximate surface area is 121 Å². The molecular formula is C13H18N6O2. The summed E-state index contributed by atoms with van der Waals surface area (Å²) >= 11 is 0. The molecule has 0 radical (unpaired) electrons. The zero-order chi connectivity index (χ0) is 14.5. The quantitative estimate of drug-likeness (QED) is 0.752. The van der Waals surface area contributed by atoms with Crippen molar-refractivity contribution < 1.29 is 9.32 Å². The summed E-state index contributed by atoms with van der Waals surface area (Å²) in [5.41, 5.74) is 0. The maximum atomic E-state index is 11.9. The van der Waals surface area contributed by atoms with Crippen LogP contribution in [0.4, 0.5) is 0 Å². The number of hydrogen-bond acceptors (Lipinski definition) is 6. The fourth-order valence-corrected chi connectivity index (χ4v) is 2.33. The monoisotopic (exact) mass is 290 g/mol. The van der Waals surface area contributed by atoms with E-state index in [1.165, 1.54) is 0 Å². The van der Waals surface area contributed by atoms with E-state index in [2.05, 4.69) is 25.8 Å². The third kappa shape index (κ3) is 3.46. The van der Waals surface area contributed by atoms with E-state index in [1.807, 2.05) is 10.8 Å². The zero-order valence-corrected chi connectivity index (χ0v) is 11.7. The molecule has 0 saturated carbocycles. The Bertz CT molecular complexity index is 573. The largest absolute Gasteiger partial charge is 0.349 e. The molecule has 112 valence electrons. The number of imidazole rings is 1. The predicted molar refractivity (Wildman–Crippen MR) is 73.5 cm³/mol. The molecule has 0 spiro atoms. The second-order valence-electron chi connectivity index (χ2n) is 5.02. The Balaban J connectivity index is 1.44. The van der Waals surface area contributed by atoms with Crippen molar-refractivity contribution in [1.29, 1.82) is 0 Å². The molecule has 8 nitrogen and oxygen atoms in total. The van der Waals surface area contributed by atoms with Gasteiger partial charge >= 0.3 is 0 Å². The number of aromatic nitrogens is 4. The third-order valence-corrected chi connectivity index (χ3v) is 3.44. The summed E-state index contributed by atoms with van der Waals surface area (Å²) < 4.78 is 7.10. The summed E-state index contributed by atoms with van der Waals surface area (Å²) in [5, 5.41) is 9.78. The highest BCUT2D eigenvalue weighted by Gasteiger charge is 2.24. The smallest absolute Gasteiger partial charge is 0.292 e. The minimum absolute atomic E-state index is 0.0836. The van der Waals surface area contributed by atoms with Crippen LogP contribution in [0.3, 0.4) is 0 Å². The Morgan fingerprint density at radius 2 is 2.52 bits per heavy atom. The van der Waals surface area contributed by atoms with Crippen molar-refractivity contribution >= 4 is 5.91 Å². The molecule has 1 aliphatic rings. The first-order valence-corrected chi connectivity index (χ1v) is 7.14.